The van der Waals surface area contributed by atoms with Crippen LogP contribution in [0.2, 0.25) is 5.02 Å². The van der Waals surface area contributed by atoms with Gasteiger partial charge in [-0.25, -0.2) is 4.98 Å². The van der Waals surface area contributed by atoms with E-state index in [0.717, 1.165) is 16.8 Å². The highest BCUT2D eigenvalue weighted by molar-refractivity contribution is 6.30. The van der Waals surface area contributed by atoms with E-state index in [-0.39, 0.29) is 5.91 Å². The molecule has 2 aromatic carbocycles. The van der Waals surface area contributed by atoms with Crippen LogP contribution in [0.1, 0.15) is 16.2 Å². The molecule has 0 radical (unpaired) electrons. The normalized spacial score (nSPS) is 10.9. The molecule has 0 aliphatic carbocycles. The fourth-order valence-electron chi connectivity index (χ4n) is 2.79. The summed E-state index contributed by atoms with van der Waals surface area (Å²) in [7, 11) is 1.71. The summed E-state index contributed by atoms with van der Waals surface area (Å²) in [5, 5.41) is 0.673. The van der Waals surface area contributed by atoms with Gasteiger partial charge >= 0.3 is 0 Å². The van der Waals surface area contributed by atoms with E-state index < -0.39 is 0 Å². The Morgan fingerprint density at radius 1 is 1.04 bits per heavy atom. The molecule has 0 saturated carbocycles. The van der Waals surface area contributed by atoms with Crippen LogP contribution < -0.4 is 0 Å². The summed E-state index contributed by atoms with van der Waals surface area (Å²) in [6.07, 6.45) is 1.50. The Morgan fingerprint density at radius 2 is 1.78 bits per heavy atom. The monoisotopic (exact) mass is 377 g/mol. The smallest absolute Gasteiger partial charge is 0.274 e. The van der Waals surface area contributed by atoms with Crippen LogP contribution in [0.3, 0.4) is 0 Å². The van der Waals surface area contributed by atoms with E-state index in [2.05, 4.69) is 9.97 Å². The largest absolute Gasteiger partial charge is 0.459 e. The van der Waals surface area contributed by atoms with E-state index in [9.17, 15) is 4.79 Å². The minimum atomic E-state index is -0.210. The lowest BCUT2D eigenvalue weighted by Crippen LogP contribution is -2.27. The van der Waals surface area contributed by atoms with Crippen molar-refractivity contribution in [1.82, 2.24) is 14.9 Å². The summed E-state index contributed by atoms with van der Waals surface area (Å²) in [6.45, 7) is 0.334. The van der Waals surface area contributed by atoms with E-state index in [0.29, 0.717) is 28.5 Å². The maximum absolute atomic E-state index is 12.7. The number of aromatic nitrogens is 2. The zero-order chi connectivity index (χ0) is 18.8. The number of rotatable bonds is 4. The van der Waals surface area contributed by atoms with Gasteiger partial charge in [0.25, 0.3) is 5.91 Å². The summed E-state index contributed by atoms with van der Waals surface area (Å²) in [4.78, 5) is 22.9. The van der Waals surface area contributed by atoms with Gasteiger partial charge in [-0.1, -0.05) is 23.7 Å². The van der Waals surface area contributed by atoms with Gasteiger partial charge in [-0.3, -0.25) is 9.78 Å². The predicted molar refractivity (Wildman–Crippen MR) is 104 cm³/mol. The van der Waals surface area contributed by atoms with Crippen molar-refractivity contribution in [3.8, 4) is 11.3 Å². The maximum atomic E-state index is 12.7. The highest BCUT2D eigenvalue weighted by atomic mass is 35.5. The Balaban J connectivity index is 1.50. The van der Waals surface area contributed by atoms with Crippen molar-refractivity contribution < 1.29 is 9.21 Å². The average molecular weight is 378 g/mol. The zero-order valence-corrected chi connectivity index (χ0v) is 15.3. The predicted octanol–water partition coefficient (Wildman–Crippen LogP) is 4.82. The molecule has 0 N–H and O–H groups in total. The Labute approximate surface area is 161 Å². The minimum Gasteiger partial charge on any atom is -0.459 e. The van der Waals surface area contributed by atoms with Gasteiger partial charge in [-0.2, -0.15) is 0 Å². The van der Waals surface area contributed by atoms with E-state index >= 15 is 0 Å². The van der Waals surface area contributed by atoms with Crippen LogP contribution in [0.15, 0.2) is 71.3 Å². The number of benzene rings is 2. The number of para-hydroxylation sites is 2. The van der Waals surface area contributed by atoms with Gasteiger partial charge in [-0.15, -0.1) is 0 Å². The topological polar surface area (TPSA) is 59.2 Å². The van der Waals surface area contributed by atoms with Gasteiger partial charge in [0.2, 0.25) is 0 Å². The fraction of sp³-hybridized carbons (Fsp3) is 0.0952. The zero-order valence-electron chi connectivity index (χ0n) is 14.6. The molecule has 0 fully saturated rings. The van der Waals surface area contributed by atoms with Crippen LogP contribution in [0.4, 0.5) is 0 Å². The summed E-state index contributed by atoms with van der Waals surface area (Å²) < 4.78 is 5.86. The average Bonchev–Trinajstić information content (AvgIpc) is 3.16. The van der Waals surface area contributed by atoms with Crippen molar-refractivity contribution in [2.75, 3.05) is 7.05 Å². The lowest BCUT2D eigenvalue weighted by molar-refractivity contribution is 0.0770. The molecule has 4 aromatic rings. The van der Waals surface area contributed by atoms with Crippen molar-refractivity contribution in [3.63, 3.8) is 0 Å². The molecule has 0 aliphatic rings. The second-order valence-electron chi connectivity index (χ2n) is 6.18. The number of halogens is 1. The minimum absolute atomic E-state index is 0.210. The Hall–Kier alpha value is -3.18. The number of hydrogen-bond donors (Lipinski definition) is 0. The van der Waals surface area contributed by atoms with E-state index in [1.165, 1.54) is 6.20 Å². The standard InChI is InChI=1S/C21H16ClN3O2/c1-25(21(26)19-12-23-17-4-2-3-5-18(17)24-19)13-16-10-11-20(27-16)14-6-8-15(22)9-7-14/h2-12H,13H2,1H3. The van der Waals surface area contributed by atoms with Crippen LogP contribution in [0.5, 0.6) is 0 Å². The van der Waals surface area contributed by atoms with Gasteiger partial charge in [-0.05, 0) is 48.5 Å². The molecule has 6 heteroatoms. The van der Waals surface area contributed by atoms with Crippen molar-refractivity contribution in [1.29, 1.82) is 0 Å². The lowest BCUT2D eigenvalue weighted by Gasteiger charge is -2.15. The van der Waals surface area contributed by atoms with Crippen molar-refractivity contribution in [3.05, 3.63) is 83.3 Å². The van der Waals surface area contributed by atoms with E-state index in [1.54, 1.807) is 11.9 Å². The molecule has 2 heterocycles. The van der Waals surface area contributed by atoms with Crippen LogP contribution in [0, 0.1) is 0 Å². The molecular weight excluding hydrogens is 362 g/mol. The first-order valence-electron chi connectivity index (χ1n) is 8.42. The third-order valence-electron chi connectivity index (χ3n) is 4.20. The summed E-state index contributed by atoms with van der Waals surface area (Å²) >= 11 is 5.92. The molecule has 0 bridgehead atoms. The summed E-state index contributed by atoms with van der Waals surface area (Å²) in [5.74, 6) is 1.20. The number of fused-ring (bicyclic) bond motifs is 1. The van der Waals surface area contributed by atoms with Gasteiger partial charge in [0.15, 0.2) is 0 Å². The third kappa shape index (κ3) is 3.68. The Morgan fingerprint density at radius 3 is 2.56 bits per heavy atom. The highest BCUT2D eigenvalue weighted by Gasteiger charge is 2.16. The van der Waals surface area contributed by atoms with Crippen LogP contribution in [-0.2, 0) is 6.54 Å². The third-order valence-corrected chi connectivity index (χ3v) is 4.45. The lowest BCUT2D eigenvalue weighted by atomic mass is 10.2. The first kappa shape index (κ1) is 17.2. The molecule has 2 aromatic heterocycles. The van der Waals surface area contributed by atoms with Gasteiger partial charge in [0.1, 0.15) is 17.2 Å². The number of carbonyl (C=O) groups excluding carboxylic acids is 1. The fourth-order valence-corrected chi connectivity index (χ4v) is 2.92. The Bertz CT molecular complexity index is 1110. The quantitative estimate of drug-likeness (QED) is 0.511. The number of nitrogens with zero attached hydrogens (tertiary/aromatic N) is 3. The summed E-state index contributed by atoms with van der Waals surface area (Å²) in [5.41, 5.74) is 2.69. The van der Waals surface area contributed by atoms with Crippen molar-refractivity contribution in [2.24, 2.45) is 0 Å². The van der Waals surface area contributed by atoms with Gasteiger partial charge < -0.3 is 9.32 Å². The molecule has 1 amide bonds. The molecule has 0 aliphatic heterocycles. The number of furan rings is 1. The second kappa shape index (κ2) is 7.21. The Kier molecular flexibility index (Phi) is 4.60. The molecule has 5 nitrogen and oxygen atoms in total. The van der Waals surface area contributed by atoms with E-state index in [1.807, 2.05) is 60.7 Å². The first-order valence-corrected chi connectivity index (χ1v) is 8.80. The van der Waals surface area contributed by atoms with Gasteiger partial charge in [0, 0.05) is 17.6 Å². The molecular formula is C21H16ClN3O2. The van der Waals surface area contributed by atoms with Crippen molar-refractivity contribution in [2.45, 2.75) is 6.54 Å². The SMILES string of the molecule is CN(Cc1ccc(-c2ccc(Cl)cc2)o1)C(=O)c1cnc2ccccc2n1. The van der Waals surface area contributed by atoms with Crippen molar-refractivity contribution >= 4 is 28.5 Å². The number of hydrogen-bond acceptors (Lipinski definition) is 4. The second-order valence-corrected chi connectivity index (χ2v) is 6.61. The first-order chi connectivity index (χ1) is 13.1. The molecule has 0 atom stereocenters. The number of amides is 1. The van der Waals surface area contributed by atoms with E-state index in [4.69, 9.17) is 16.0 Å². The van der Waals surface area contributed by atoms with Gasteiger partial charge in [0.05, 0.1) is 23.8 Å². The maximum Gasteiger partial charge on any atom is 0.274 e. The highest BCUT2D eigenvalue weighted by Crippen LogP contribution is 2.24. The van der Waals surface area contributed by atoms with Crippen LogP contribution in [-0.4, -0.2) is 27.8 Å². The molecule has 4 rings (SSSR count). The molecule has 134 valence electrons. The summed E-state index contributed by atoms with van der Waals surface area (Å²) in [6, 6.07) is 18.6. The van der Waals surface area contributed by atoms with Crippen LogP contribution in [0.25, 0.3) is 22.4 Å². The van der Waals surface area contributed by atoms with Crippen LogP contribution >= 0.6 is 11.6 Å². The molecule has 0 unspecified atom stereocenters. The molecule has 0 saturated heterocycles. The molecule has 27 heavy (non-hydrogen) atoms. The number of carbonyl (C=O) groups is 1. The molecule has 0 spiro atoms.